The molecule has 116 valence electrons. The molecule has 0 unspecified atom stereocenters. The van der Waals surface area contributed by atoms with Gasteiger partial charge in [0.05, 0.1) is 10.6 Å². The minimum absolute atomic E-state index is 0.0474. The molecule has 0 radical (unpaired) electrons. The number of carbonyl (C=O) groups is 1. The van der Waals surface area contributed by atoms with Crippen molar-refractivity contribution in [1.82, 2.24) is 0 Å². The van der Waals surface area contributed by atoms with E-state index in [9.17, 15) is 15.0 Å². The zero-order valence-electron chi connectivity index (χ0n) is 11.3. The first-order chi connectivity index (χ1) is 9.86. The summed E-state index contributed by atoms with van der Waals surface area (Å²) in [6, 6.07) is 3.28. The Balaban J connectivity index is 2.83. The smallest absolute Gasteiger partial charge is 0.327 e. The van der Waals surface area contributed by atoms with E-state index < -0.39 is 18.2 Å². The summed E-state index contributed by atoms with van der Waals surface area (Å²) < 4.78 is 6.41. The van der Waals surface area contributed by atoms with Crippen LogP contribution in [0.2, 0.25) is 0 Å². The van der Waals surface area contributed by atoms with Crippen LogP contribution < -0.4 is 0 Å². The van der Waals surface area contributed by atoms with Gasteiger partial charge in [0.1, 0.15) is 11.9 Å². The lowest BCUT2D eigenvalue weighted by Crippen LogP contribution is -2.21. The lowest BCUT2D eigenvalue weighted by molar-refractivity contribution is -0.131. The van der Waals surface area contributed by atoms with Crippen LogP contribution in [0.1, 0.15) is 24.5 Å². The summed E-state index contributed by atoms with van der Waals surface area (Å²) in [7, 11) is 1.46. The summed E-state index contributed by atoms with van der Waals surface area (Å²) >= 11 is 6.50. The number of phenols is 1. The van der Waals surface area contributed by atoms with Crippen molar-refractivity contribution in [2.24, 2.45) is 0 Å². The normalized spacial score (nSPS) is 14.3. The van der Waals surface area contributed by atoms with E-state index in [-0.39, 0.29) is 5.75 Å². The fourth-order valence-corrected chi connectivity index (χ4v) is 3.12. The van der Waals surface area contributed by atoms with Gasteiger partial charge in [-0.1, -0.05) is 22.0 Å². The summed E-state index contributed by atoms with van der Waals surface area (Å²) in [4.78, 5) is 10.4. The highest BCUT2D eigenvalue weighted by molar-refractivity contribution is 9.11. The number of carboxylic acid groups (broad SMARTS) is 1. The molecule has 1 aromatic rings. The van der Waals surface area contributed by atoms with Crippen LogP contribution in [0.15, 0.2) is 33.2 Å². The van der Waals surface area contributed by atoms with E-state index in [0.717, 1.165) is 6.08 Å². The maximum absolute atomic E-state index is 10.4. The molecule has 0 aliphatic rings. The van der Waals surface area contributed by atoms with Gasteiger partial charge in [-0.25, -0.2) is 4.79 Å². The SMILES string of the molecule is CO[C@@H](CC/C=C/C(=O)O)[C@@H](O)c1cc(Br)cc(Br)c1O. The van der Waals surface area contributed by atoms with Crippen molar-refractivity contribution in [1.29, 1.82) is 0 Å². The predicted octanol–water partition coefficient (Wildman–Crippen LogP) is 3.39. The van der Waals surface area contributed by atoms with Crippen molar-refractivity contribution < 1.29 is 24.9 Å². The topological polar surface area (TPSA) is 87.0 Å². The Kier molecular flexibility index (Phi) is 7.37. The third kappa shape index (κ3) is 5.43. The fraction of sp³-hybridized carbons (Fsp3) is 0.357. The quantitative estimate of drug-likeness (QED) is 0.585. The zero-order valence-corrected chi connectivity index (χ0v) is 14.5. The Morgan fingerprint density at radius 1 is 1.43 bits per heavy atom. The Morgan fingerprint density at radius 2 is 2.10 bits per heavy atom. The molecular weight excluding hydrogens is 408 g/mol. The number of carboxylic acids is 1. The second-order valence-electron chi connectivity index (χ2n) is 4.36. The van der Waals surface area contributed by atoms with E-state index in [0.29, 0.717) is 27.4 Å². The van der Waals surface area contributed by atoms with E-state index in [1.165, 1.54) is 13.2 Å². The van der Waals surface area contributed by atoms with Gasteiger partial charge in [-0.05, 0) is 40.9 Å². The molecule has 0 aromatic heterocycles. The summed E-state index contributed by atoms with van der Waals surface area (Å²) in [5.41, 5.74) is 0.338. The fourth-order valence-electron chi connectivity index (χ4n) is 1.86. The molecule has 0 saturated carbocycles. The summed E-state index contributed by atoms with van der Waals surface area (Å²) in [6.45, 7) is 0. The number of aliphatic hydroxyl groups is 1. The number of phenolic OH excluding ortho intramolecular Hbond substituents is 1. The minimum atomic E-state index is -1.03. The highest BCUT2D eigenvalue weighted by Gasteiger charge is 2.24. The van der Waals surface area contributed by atoms with Gasteiger partial charge in [0.2, 0.25) is 0 Å². The van der Waals surface area contributed by atoms with E-state index in [1.807, 2.05) is 0 Å². The maximum Gasteiger partial charge on any atom is 0.327 e. The molecule has 0 spiro atoms. The van der Waals surface area contributed by atoms with Crippen molar-refractivity contribution in [3.63, 3.8) is 0 Å². The molecule has 3 N–H and O–H groups in total. The Labute approximate surface area is 139 Å². The van der Waals surface area contributed by atoms with Crippen molar-refractivity contribution in [3.8, 4) is 5.75 Å². The van der Waals surface area contributed by atoms with Crippen molar-refractivity contribution in [3.05, 3.63) is 38.8 Å². The molecule has 21 heavy (non-hydrogen) atoms. The van der Waals surface area contributed by atoms with Crippen molar-refractivity contribution in [2.45, 2.75) is 25.0 Å². The lowest BCUT2D eigenvalue weighted by Gasteiger charge is -2.22. The molecule has 1 aromatic carbocycles. The van der Waals surface area contributed by atoms with Crippen LogP contribution in [-0.2, 0) is 9.53 Å². The minimum Gasteiger partial charge on any atom is -0.506 e. The number of aliphatic hydroxyl groups excluding tert-OH is 1. The number of hydrogen-bond acceptors (Lipinski definition) is 4. The van der Waals surface area contributed by atoms with E-state index in [4.69, 9.17) is 9.84 Å². The second-order valence-corrected chi connectivity index (χ2v) is 6.13. The second kappa shape index (κ2) is 8.53. The Hall–Kier alpha value is -0.890. The number of aromatic hydroxyl groups is 1. The highest BCUT2D eigenvalue weighted by atomic mass is 79.9. The van der Waals surface area contributed by atoms with Crippen LogP contribution in [0.25, 0.3) is 0 Å². The standard InChI is InChI=1S/C14H16Br2O5/c1-21-11(4-2-3-5-12(17)18)14(20)9-6-8(15)7-10(16)13(9)19/h3,5-7,11,14,19-20H,2,4H2,1H3,(H,17,18)/b5-3+/t11-,14-/m0/s1. The van der Waals surface area contributed by atoms with Gasteiger partial charge in [-0.15, -0.1) is 0 Å². The van der Waals surface area contributed by atoms with E-state index in [1.54, 1.807) is 12.1 Å². The summed E-state index contributed by atoms with van der Waals surface area (Å²) in [5, 5.41) is 28.9. The summed E-state index contributed by atoms with van der Waals surface area (Å²) in [5.74, 6) is -1.06. The van der Waals surface area contributed by atoms with Gasteiger partial charge in [-0.2, -0.15) is 0 Å². The van der Waals surface area contributed by atoms with Gasteiger partial charge in [-0.3, -0.25) is 0 Å². The van der Waals surface area contributed by atoms with E-state index >= 15 is 0 Å². The van der Waals surface area contributed by atoms with Crippen LogP contribution in [0.5, 0.6) is 5.75 Å². The molecule has 0 aliphatic carbocycles. The zero-order chi connectivity index (χ0) is 16.0. The first-order valence-electron chi connectivity index (χ1n) is 6.15. The molecule has 0 heterocycles. The Morgan fingerprint density at radius 3 is 2.67 bits per heavy atom. The van der Waals surface area contributed by atoms with Gasteiger partial charge < -0.3 is 20.1 Å². The molecule has 0 amide bonds. The molecule has 0 saturated heterocycles. The third-order valence-corrected chi connectivity index (χ3v) is 3.97. The first-order valence-corrected chi connectivity index (χ1v) is 7.73. The largest absolute Gasteiger partial charge is 0.506 e. The highest BCUT2D eigenvalue weighted by Crippen LogP contribution is 2.37. The van der Waals surface area contributed by atoms with Crippen LogP contribution in [0.3, 0.4) is 0 Å². The van der Waals surface area contributed by atoms with Crippen LogP contribution in [0.4, 0.5) is 0 Å². The number of aliphatic carboxylic acids is 1. The van der Waals surface area contributed by atoms with Crippen LogP contribution in [-0.4, -0.2) is 34.5 Å². The Bertz CT molecular complexity index is 530. The maximum atomic E-state index is 10.4. The average Bonchev–Trinajstić information content (AvgIpc) is 2.42. The lowest BCUT2D eigenvalue weighted by atomic mass is 9.99. The van der Waals surface area contributed by atoms with Gasteiger partial charge in [0.15, 0.2) is 0 Å². The number of rotatable bonds is 7. The molecule has 7 heteroatoms. The van der Waals surface area contributed by atoms with Crippen molar-refractivity contribution >= 4 is 37.8 Å². The van der Waals surface area contributed by atoms with Gasteiger partial charge in [0.25, 0.3) is 0 Å². The number of halogens is 2. The monoisotopic (exact) mass is 422 g/mol. The molecular formula is C14H16Br2O5. The molecule has 0 fully saturated rings. The van der Waals surface area contributed by atoms with E-state index in [2.05, 4.69) is 31.9 Å². The molecule has 2 atom stereocenters. The van der Waals surface area contributed by atoms with Crippen LogP contribution in [0, 0.1) is 0 Å². The number of benzene rings is 1. The average molecular weight is 424 g/mol. The number of ether oxygens (including phenoxy) is 1. The molecule has 0 bridgehead atoms. The van der Waals surface area contributed by atoms with Gasteiger partial charge in [0, 0.05) is 23.2 Å². The van der Waals surface area contributed by atoms with Gasteiger partial charge >= 0.3 is 5.97 Å². The van der Waals surface area contributed by atoms with Crippen molar-refractivity contribution in [2.75, 3.05) is 7.11 Å². The first kappa shape index (κ1) is 18.2. The van der Waals surface area contributed by atoms with Crippen LogP contribution >= 0.6 is 31.9 Å². The predicted molar refractivity (Wildman–Crippen MR) is 85.3 cm³/mol. The molecule has 0 aliphatic heterocycles. The summed E-state index contributed by atoms with van der Waals surface area (Å²) in [6.07, 6.45) is 1.82. The molecule has 1 rings (SSSR count). The number of hydrogen-bond donors (Lipinski definition) is 3. The number of methoxy groups -OCH3 is 1. The molecule has 5 nitrogen and oxygen atoms in total. The third-order valence-electron chi connectivity index (χ3n) is 2.91. The number of allylic oxidation sites excluding steroid dienone is 1.